The van der Waals surface area contributed by atoms with Crippen LogP contribution in [0.4, 0.5) is 5.69 Å². The highest BCUT2D eigenvalue weighted by atomic mass is 35.6. The van der Waals surface area contributed by atoms with Gasteiger partial charge in [0.25, 0.3) is 0 Å². The molecule has 1 aliphatic heterocycles. The lowest BCUT2D eigenvalue weighted by molar-refractivity contribution is 0.399. The molecule has 0 radical (unpaired) electrons. The summed E-state index contributed by atoms with van der Waals surface area (Å²) >= 11 is 25.2. The fraction of sp³-hybridized carbons (Fsp3) is 0.250. The zero-order valence-electron chi connectivity index (χ0n) is 11.6. The summed E-state index contributed by atoms with van der Waals surface area (Å²) < 4.78 is -1.56. The Hall–Kier alpha value is -0.640. The SMILES string of the molecule is Clc1ccc([C@]2(C(Cl)(Cl)Cl)NCCN2c2ccccc2)cc1. The van der Waals surface area contributed by atoms with Gasteiger partial charge in [0.05, 0.1) is 0 Å². The highest BCUT2D eigenvalue weighted by Crippen LogP contribution is 2.50. The minimum absolute atomic E-state index is 0.646. The first kappa shape index (κ1) is 16.2. The summed E-state index contributed by atoms with van der Waals surface area (Å²) in [5, 5.41) is 4.03. The molecule has 6 heteroatoms. The van der Waals surface area contributed by atoms with Crippen LogP contribution in [0.3, 0.4) is 0 Å². The normalized spacial score (nSPS) is 22.1. The second-order valence-corrected chi connectivity index (χ2v) is 7.85. The lowest BCUT2D eigenvalue weighted by atomic mass is 9.99. The average molecular weight is 376 g/mol. The van der Waals surface area contributed by atoms with E-state index in [9.17, 15) is 0 Å². The number of nitrogens with one attached hydrogen (secondary N) is 1. The monoisotopic (exact) mass is 374 g/mol. The molecule has 0 unspecified atom stereocenters. The van der Waals surface area contributed by atoms with Crippen LogP contribution in [0.25, 0.3) is 0 Å². The molecular weight excluding hydrogens is 362 g/mol. The van der Waals surface area contributed by atoms with Crippen molar-refractivity contribution in [1.82, 2.24) is 5.32 Å². The summed E-state index contributed by atoms with van der Waals surface area (Å²) in [6.07, 6.45) is 0. The molecule has 116 valence electrons. The third-order valence-electron chi connectivity index (χ3n) is 3.86. The highest BCUT2D eigenvalue weighted by molar-refractivity contribution is 6.68. The van der Waals surface area contributed by atoms with E-state index in [-0.39, 0.29) is 0 Å². The van der Waals surface area contributed by atoms with Crippen LogP contribution in [0, 0.1) is 0 Å². The Morgan fingerprint density at radius 2 is 1.59 bits per heavy atom. The van der Waals surface area contributed by atoms with Crippen LogP contribution in [-0.2, 0) is 5.66 Å². The van der Waals surface area contributed by atoms with Gasteiger partial charge in [-0.25, -0.2) is 0 Å². The quantitative estimate of drug-likeness (QED) is 0.745. The largest absolute Gasteiger partial charge is 0.345 e. The minimum Gasteiger partial charge on any atom is -0.345 e. The minimum atomic E-state index is -1.56. The van der Waals surface area contributed by atoms with Crippen molar-refractivity contribution < 1.29 is 0 Å². The summed E-state index contributed by atoms with van der Waals surface area (Å²) in [5.41, 5.74) is 0.913. The van der Waals surface area contributed by atoms with Crippen molar-refractivity contribution >= 4 is 52.1 Å². The van der Waals surface area contributed by atoms with Crippen LogP contribution in [0.2, 0.25) is 5.02 Å². The van der Waals surface area contributed by atoms with Crippen LogP contribution in [0.5, 0.6) is 0 Å². The van der Waals surface area contributed by atoms with Crippen molar-refractivity contribution in [2.24, 2.45) is 0 Å². The first-order chi connectivity index (χ1) is 10.4. The van der Waals surface area contributed by atoms with Crippen molar-refractivity contribution in [1.29, 1.82) is 0 Å². The molecule has 0 bridgehead atoms. The number of nitrogens with zero attached hydrogens (tertiary/aromatic N) is 1. The maximum atomic E-state index is 6.41. The van der Waals surface area contributed by atoms with E-state index in [0.29, 0.717) is 11.6 Å². The number of anilines is 1. The predicted octanol–water partition coefficient (Wildman–Crippen LogP) is 4.97. The third-order valence-corrected chi connectivity index (χ3v) is 4.93. The molecule has 1 heterocycles. The van der Waals surface area contributed by atoms with Gasteiger partial charge in [0.15, 0.2) is 5.66 Å². The first-order valence-corrected chi connectivity index (χ1v) is 8.37. The molecule has 1 N–H and O–H groups in total. The summed E-state index contributed by atoms with van der Waals surface area (Å²) in [4.78, 5) is 2.09. The van der Waals surface area contributed by atoms with E-state index in [2.05, 4.69) is 10.2 Å². The van der Waals surface area contributed by atoms with Crippen LogP contribution in [0.15, 0.2) is 54.6 Å². The van der Waals surface area contributed by atoms with Crippen molar-refractivity contribution in [2.75, 3.05) is 18.0 Å². The van der Waals surface area contributed by atoms with Gasteiger partial charge >= 0.3 is 0 Å². The Labute approximate surface area is 149 Å². The van der Waals surface area contributed by atoms with Gasteiger partial charge in [-0.2, -0.15) is 0 Å². The molecule has 0 amide bonds. The molecule has 1 saturated heterocycles. The molecule has 3 rings (SSSR count). The Balaban J connectivity index is 2.16. The maximum absolute atomic E-state index is 6.41. The molecule has 0 saturated carbocycles. The zero-order valence-corrected chi connectivity index (χ0v) is 14.6. The van der Waals surface area contributed by atoms with E-state index >= 15 is 0 Å². The van der Waals surface area contributed by atoms with Crippen LogP contribution in [-0.4, -0.2) is 16.9 Å². The lowest BCUT2D eigenvalue weighted by Gasteiger charge is -2.44. The second kappa shape index (κ2) is 6.10. The van der Waals surface area contributed by atoms with Crippen molar-refractivity contribution in [3.05, 3.63) is 65.2 Å². The number of hydrogen-bond donors (Lipinski definition) is 1. The van der Waals surface area contributed by atoms with Crippen LogP contribution in [0.1, 0.15) is 5.56 Å². The van der Waals surface area contributed by atoms with E-state index in [0.717, 1.165) is 17.8 Å². The average Bonchev–Trinajstić information content (AvgIpc) is 2.94. The van der Waals surface area contributed by atoms with E-state index < -0.39 is 9.46 Å². The van der Waals surface area contributed by atoms with Crippen molar-refractivity contribution in [3.63, 3.8) is 0 Å². The zero-order chi connectivity index (χ0) is 15.8. The van der Waals surface area contributed by atoms with E-state index in [1.165, 1.54) is 0 Å². The van der Waals surface area contributed by atoms with Crippen LogP contribution >= 0.6 is 46.4 Å². The van der Waals surface area contributed by atoms with Gasteiger partial charge in [0.2, 0.25) is 3.79 Å². The number of hydrogen-bond acceptors (Lipinski definition) is 2. The number of halogens is 4. The molecule has 2 nitrogen and oxygen atoms in total. The molecule has 2 aromatic rings. The summed E-state index contributed by atoms with van der Waals surface area (Å²) in [7, 11) is 0. The van der Waals surface area contributed by atoms with Crippen molar-refractivity contribution in [2.45, 2.75) is 9.46 Å². The summed E-state index contributed by atoms with van der Waals surface area (Å²) in [6, 6.07) is 17.3. The Bertz CT molecular complexity index is 639. The van der Waals surface area contributed by atoms with Gasteiger partial charge in [-0.05, 0) is 29.8 Å². The van der Waals surface area contributed by atoms with E-state index in [1.54, 1.807) is 12.1 Å². The molecule has 1 aliphatic rings. The first-order valence-electron chi connectivity index (χ1n) is 6.85. The van der Waals surface area contributed by atoms with Crippen molar-refractivity contribution in [3.8, 4) is 0 Å². The topological polar surface area (TPSA) is 15.3 Å². The number of para-hydroxylation sites is 1. The van der Waals surface area contributed by atoms with Crippen LogP contribution < -0.4 is 10.2 Å². The molecule has 0 spiro atoms. The molecular formula is C16H14Cl4N2. The third kappa shape index (κ3) is 2.68. The molecule has 2 aromatic carbocycles. The number of alkyl halides is 3. The predicted molar refractivity (Wildman–Crippen MR) is 95.2 cm³/mol. The van der Waals surface area contributed by atoms with E-state index in [4.69, 9.17) is 46.4 Å². The molecule has 1 fully saturated rings. The molecule has 0 aromatic heterocycles. The Morgan fingerprint density at radius 1 is 0.955 bits per heavy atom. The Kier molecular flexibility index (Phi) is 4.50. The summed E-state index contributed by atoms with van der Waals surface area (Å²) in [6.45, 7) is 1.45. The lowest BCUT2D eigenvalue weighted by Crippen LogP contribution is -2.58. The smallest absolute Gasteiger partial charge is 0.230 e. The standard InChI is InChI=1S/C16H14Cl4N2/c17-13-8-6-12(7-9-13)15(16(18,19)20)21-10-11-22(15)14-4-2-1-3-5-14/h1-9,21H,10-11H2/t15-/m0/s1. The van der Waals surface area contributed by atoms with Gasteiger partial charge in [-0.1, -0.05) is 76.7 Å². The van der Waals surface area contributed by atoms with Gasteiger partial charge in [-0.15, -0.1) is 0 Å². The fourth-order valence-corrected chi connectivity index (χ4v) is 3.87. The van der Waals surface area contributed by atoms with Gasteiger partial charge in [0.1, 0.15) is 0 Å². The molecule has 22 heavy (non-hydrogen) atoms. The fourth-order valence-electron chi connectivity index (χ4n) is 2.91. The molecule has 0 aliphatic carbocycles. The van der Waals surface area contributed by atoms with Gasteiger partial charge in [-0.3, -0.25) is 5.32 Å². The van der Waals surface area contributed by atoms with Gasteiger partial charge in [0, 0.05) is 23.8 Å². The number of rotatable bonds is 2. The van der Waals surface area contributed by atoms with E-state index in [1.807, 2.05) is 42.5 Å². The highest BCUT2D eigenvalue weighted by Gasteiger charge is 2.56. The summed E-state index contributed by atoms with van der Waals surface area (Å²) in [5.74, 6) is 0. The second-order valence-electron chi connectivity index (χ2n) is 5.13. The maximum Gasteiger partial charge on any atom is 0.230 e. The van der Waals surface area contributed by atoms with Gasteiger partial charge < -0.3 is 4.90 Å². The Morgan fingerprint density at radius 3 is 2.18 bits per heavy atom. The number of benzene rings is 2. The molecule has 1 atom stereocenters.